The summed E-state index contributed by atoms with van der Waals surface area (Å²) < 4.78 is 1.95. The Morgan fingerprint density at radius 2 is 2.35 bits per heavy atom. The van der Waals surface area contributed by atoms with E-state index in [1.165, 1.54) is 11.3 Å². The van der Waals surface area contributed by atoms with Crippen LogP contribution in [-0.4, -0.2) is 32.5 Å². The van der Waals surface area contributed by atoms with Crippen LogP contribution in [-0.2, 0) is 11.2 Å². The minimum absolute atomic E-state index is 0.0765. The number of fused-ring (bicyclic) bond motifs is 1. The highest BCUT2D eigenvalue weighted by atomic mass is 32.1. The second-order valence-electron chi connectivity index (χ2n) is 5.46. The predicted octanol–water partition coefficient (Wildman–Crippen LogP) is 1.91. The van der Waals surface area contributed by atoms with E-state index in [1.54, 1.807) is 6.92 Å². The highest BCUT2D eigenvalue weighted by Gasteiger charge is 2.20. The van der Waals surface area contributed by atoms with E-state index >= 15 is 0 Å². The van der Waals surface area contributed by atoms with Gasteiger partial charge in [0.15, 0.2) is 4.96 Å². The number of carbonyl (C=O) groups excluding carboxylic acids is 1. The number of nitrogens with one attached hydrogen (secondary N) is 1. The molecule has 0 saturated carbocycles. The van der Waals surface area contributed by atoms with E-state index in [1.807, 2.05) is 29.8 Å². The predicted molar refractivity (Wildman–Crippen MR) is 80.1 cm³/mol. The largest absolute Gasteiger partial charge is 0.388 e. The summed E-state index contributed by atoms with van der Waals surface area (Å²) in [5.74, 6) is -0.0765. The first-order valence-corrected chi connectivity index (χ1v) is 7.70. The molecule has 2 aromatic rings. The Kier molecular flexibility index (Phi) is 4.45. The molecule has 0 aliphatic heterocycles. The van der Waals surface area contributed by atoms with Crippen molar-refractivity contribution in [3.8, 4) is 0 Å². The molecule has 2 rings (SSSR count). The minimum Gasteiger partial charge on any atom is -0.388 e. The second-order valence-corrected chi connectivity index (χ2v) is 6.30. The Morgan fingerprint density at radius 1 is 1.60 bits per heavy atom. The minimum atomic E-state index is -0.833. The Labute approximate surface area is 122 Å². The summed E-state index contributed by atoms with van der Waals surface area (Å²) in [7, 11) is 0. The van der Waals surface area contributed by atoms with Gasteiger partial charge in [-0.25, -0.2) is 4.98 Å². The fourth-order valence-corrected chi connectivity index (χ4v) is 3.13. The molecular formula is C14H21N3O2S. The van der Waals surface area contributed by atoms with Crippen molar-refractivity contribution in [3.63, 3.8) is 0 Å². The molecule has 0 fully saturated rings. The number of aryl methyl sites for hydroxylation is 1. The van der Waals surface area contributed by atoms with E-state index < -0.39 is 5.60 Å². The van der Waals surface area contributed by atoms with Crippen molar-refractivity contribution in [2.24, 2.45) is 0 Å². The Morgan fingerprint density at radius 3 is 3.05 bits per heavy atom. The quantitative estimate of drug-likeness (QED) is 0.855. The third-order valence-corrected chi connectivity index (χ3v) is 4.09. The van der Waals surface area contributed by atoms with E-state index in [0.717, 1.165) is 22.8 Å². The third kappa shape index (κ3) is 3.58. The molecule has 5 nitrogen and oxygen atoms in total. The average Bonchev–Trinajstić information content (AvgIpc) is 2.88. The van der Waals surface area contributed by atoms with Gasteiger partial charge >= 0.3 is 0 Å². The van der Waals surface area contributed by atoms with Gasteiger partial charge in [0.1, 0.15) is 0 Å². The summed E-state index contributed by atoms with van der Waals surface area (Å²) in [6, 6.07) is 0. The van der Waals surface area contributed by atoms with Gasteiger partial charge in [0, 0.05) is 23.8 Å². The maximum absolute atomic E-state index is 12.0. The number of aliphatic hydroxyl groups is 1. The van der Waals surface area contributed by atoms with Crippen LogP contribution in [0, 0.1) is 6.92 Å². The van der Waals surface area contributed by atoms with E-state index in [2.05, 4.69) is 10.3 Å². The topological polar surface area (TPSA) is 66.6 Å². The molecule has 0 saturated heterocycles. The SMILES string of the molecule is CCCC(C)(O)CNC(=O)Cc1csc2nc(C)cn12. The lowest BCUT2D eigenvalue weighted by Crippen LogP contribution is -2.41. The van der Waals surface area contributed by atoms with Gasteiger partial charge in [-0.3, -0.25) is 9.20 Å². The molecule has 0 radical (unpaired) electrons. The molecule has 2 heterocycles. The van der Waals surface area contributed by atoms with Crippen molar-refractivity contribution >= 4 is 22.2 Å². The zero-order valence-corrected chi connectivity index (χ0v) is 13.0. The molecule has 20 heavy (non-hydrogen) atoms. The number of nitrogens with zero attached hydrogens (tertiary/aromatic N) is 2. The number of imidazole rings is 1. The summed E-state index contributed by atoms with van der Waals surface area (Å²) in [6.07, 6.45) is 3.80. The lowest BCUT2D eigenvalue weighted by Gasteiger charge is -2.22. The third-order valence-electron chi connectivity index (χ3n) is 3.20. The summed E-state index contributed by atoms with van der Waals surface area (Å²) >= 11 is 1.53. The van der Waals surface area contributed by atoms with Gasteiger partial charge < -0.3 is 10.4 Å². The van der Waals surface area contributed by atoms with Crippen LogP contribution in [0.15, 0.2) is 11.6 Å². The van der Waals surface area contributed by atoms with Crippen LogP contribution in [0.1, 0.15) is 38.1 Å². The van der Waals surface area contributed by atoms with E-state index in [4.69, 9.17) is 0 Å². The van der Waals surface area contributed by atoms with Gasteiger partial charge in [-0.2, -0.15) is 0 Å². The fraction of sp³-hybridized carbons (Fsp3) is 0.571. The number of carbonyl (C=O) groups is 1. The second kappa shape index (κ2) is 5.93. The summed E-state index contributed by atoms with van der Waals surface area (Å²) in [5, 5.41) is 14.8. The number of amides is 1. The molecule has 6 heteroatoms. The van der Waals surface area contributed by atoms with E-state index in [-0.39, 0.29) is 12.5 Å². The van der Waals surface area contributed by atoms with Crippen LogP contribution in [0.25, 0.3) is 4.96 Å². The van der Waals surface area contributed by atoms with Gasteiger partial charge in [0.25, 0.3) is 0 Å². The molecular weight excluding hydrogens is 274 g/mol. The zero-order valence-electron chi connectivity index (χ0n) is 12.1. The summed E-state index contributed by atoms with van der Waals surface area (Å²) in [4.78, 5) is 17.2. The van der Waals surface area contributed by atoms with Crippen molar-refractivity contribution in [1.29, 1.82) is 0 Å². The first-order chi connectivity index (χ1) is 9.41. The number of rotatable bonds is 6. The molecule has 2 N–H and O–H groups in total. The van der Waals surface area contributed by atoms with Crippen LogP contribution in [0.3, 0.4) is 0 Å². The Bertz CT molecular complexity index is 601. The fourth-order valence-electron chi connectivity index (χ4n) is 2.21. The van der Waals surface area contributed by atoms with E-state index in [9.17, 15) is 9.90 Å². The zero-order chi connectivity index (χ0) is 14.8. The van der Waals surface area contributed by atoms with Crippen molar-refractivity contribution in [2.45, 2.75) is 45.6 Å². The first kappa shape index (κ1) is 15.0. The van der Waals surface area contributed by atoms with Crippen LogP contribution in [0.5, 0.6) is 0 Å². The highest BCUT2D eigenvalue weighted by molar-refractivity contribution is 7.15. The van der Waals surface area contributed by atoms with Gasteiger partial charge in [-0.1, -0.05) is 13.3 Å². The molecule has 1 amide bonds. The van der Waals surface area contributed by atoms with Gasteiger partial charge in [0.05, 0.1) is 17.7 Å². The van der Waals surface area contributed by atoms with E-state index in [0.29, 0.717) is 12.8 Å². The first-order valence-electron chi connectivity index (χ1n) is 6.82. The van der Waals surface area contributed by atoms with Crippen LogP contribution in [0.4, 0.5) is 0 Å². The molecule has 2 aromatic heterocycles. The molecule has 110 valence electrons. The number of thiazole rings is 1. The maximum atomic E-state index is 12.0. The lowest BCUT2D eigenvalue weighted by atomic mass is 10.0. The van der Waals surface area contributed by atoms with Crippen LogP contribution >= 0.6 is 11.3 Å². The van der Waals surface area contributed by atoms with Crippen molar-refractivity contribution < 1.29 is 9.90 Å². The molecule has 0 aliphatic carbocycles. The van der Waals surface area contributed by atoms with Crippen LogP contribution < -0.4 is 5.32 Å². The Hall–Kier alpha value is -1.40. The normalized spacial score (nSPS) is 14.4. The molecule has 0 aromatic carbocycles. The highest BCUT2D eigenvalue weighted by Crippen LogP contribution is 2.17. The number of hydrogen-bond donors (Lipinski definition) is 2. The van der Waals surface area contributed by atoms with Crippen molar-refractivity contribution in [1.82, 2.24) is 14.7 Å². The standard InChI is InChI=1S/C14H21N3O2S/c1-4-5-14(3,19)9-15-12(18)6-11-8-20-13-16-10(2)7-17(11)13/h7-8,19H,4-6,9H2,1-3H3,(H,15,18). The average molecular weight is 295 g/mol. The van der Waals surface area contributed by atoms with Crippen molar-refractivity contribution in [3.05, 3.63) is 23.0 Å². The number of hydrogen-bond acceptors (Lipinski definition) is 4. The molecule has 0 spiro atoms. The smallest absolute Gasteiger partial charge is 0.226 e. The monoisotopic (exact) mass is 295 g/mol. The van der Waals surface area contributed by atoms with Gasteiger partial charge in [-0.15, -0.1) is 11.3 Å². The molecule has 1 unspecified atom stereocenters. The number of aromatic nitrogens is 2. The van der Waals surface area contributed by atoms with Crippen LogP contribution in [0.2, 0.25) is 0 Å². The molecule has 0 aliphatic rings. The maximum Gasteiger partial charge on any atom is 0.226 e. The lowest BCUT2D eigenvalue weighted by molar-refractivity contribution is -0.121. The summed E-state index contributed by atoms with van der Waals surface area (Å²) in [6.45, 7) is 5.99. The molecule has 1 atom stereocenters. The molecule has 0 bridgehead atoms. The van der Waals surface area contributed by atoms with Crippen molar-refractivity contribution in [2.75, 3.05) is 6.54 Å². The Balaban J connectivity index is 1.94. The van der Waals surface area contributed by atoms with Gasteiger partial charge in [-0.05, 0) is 20.3 Å². The van der Waals surface area contributed by atoms with Gasteiger partial charge in [0.2, 0.25) is 5.91 Å². The summed E-state index contributed by atoms with van der Waals surface area (Å²) in [5.41, 5.74) is 1.04.